The van der Waals surface area contributed by atoms with Gasteiger partial charge in [0.2, 0.25) is 0 Å². The summed E-state index contributed by atoms with van der Waals surface area (Å²) in [6, 6.07) is 0.212. The van der Waals surface area contributed by atoms with Crippen molar-refractivity contribution in [2.75, 3.05) is 0 Å². The Labute approximate surface area is 79.7 Å². The van der Waals surface area contributed by atoms with Crippen LogP contribution in [0, 0.1) is 5.92 Å². The average molecular weight is 181 g/mol. The van der Waals surface area contributed by atoms with E-state index < -0.39 is 0 Å². The van der Waals surface area contributed by atoms with Crippen molar-refractivity contribution in [2.24, 2.45) is 11.7 Å². The van der Waals surface area contributed by atoms with Gasteiger partial charge in [0.15, 0.2) is 0 Å². The Morgan fingerprint density at radius 3 is 2.62 bits per heavy atom. The summed E-state index contributed by atoms with van der Waals surface area (Å²) in [4.78, 5) is 0. The van der Waals surface area contributed by atoms with Gasteiger partial charge in [0.25, 0.3) is 0 Å². The number of nitrogens with zero attached hydrogens (tertiary/aromatic N) is 1. The molecule has 1 unspecified atom stereocenters. The summed E-state index contributed by atoms with van der Waals surface area (Å²) in [5, 5.41) is 7.08. The highest BCUT2D eigenvalue weighted by atomic mass is 15.1. The average Bonchev–Trinajstić information content (AvgIpc) is 2.34. The van der Waals surface area contributed by atoms with Crippen LogP contribution in [-0.2, 0) is 12.8 Å². The predicted molar refractivity (Wildman–Crippen MR) is 54.5 cm³/mol. The molecule has 0 aliphatic carbocycles. The molecule has 0 spiro atoms. The molecule has 0 aliphatic rings. The largest absolute Gasteiger partial charge is 0.328 e. The second kappa shape index (κ2) is 4.42. The summed E-state index contributed by atoms with van der Waals surface area (Å²) >= 11 is 0. The van der Waals surface area contributed by atoms with Gasteiger partial charge in [-0.05, 0) is 31.2 Å². The Balaban J connectivity index is 2.65. The summed E-state index contributed by atoms with van der Waals surface area (Å²) < 4.78 is 0. The van der Waals surface area contributed by atoms with E-state index in [9.17, 15) is 0 Å². The quantitative estimate of drug-likeness (QED) is 0.739. The molecule has 1 heterocycles. The Hall–Kier alpha value is -0.830. The standard InChI is InChI=1S/C10H19N3/c1-7(2)4-10-9(5-8(3)11)6-12-13-10/h6-8H,4-5,11H2,1-3H3,(H,12,13). The molecule has 74 valence electrons. The van der Waals surface area contributed by atoms with Gasteiger partial charge in [-0.2, -0.15) is 5.10 Å². The first-order chi connectivity index (χ1) is 6.09. The van der Waals surface area contributed by atoms with Crippen LogP contribution in [0.15, 0.2) is 6.20 Å². The lowest BCUT2D eigenvalue weighted by molar-refractivity contribution is 0.624. The van der Waals surface area contributed by atoms with Crippen LogP contribution in [0.4, 0.5) is 0 Å². The molecule has 0 saturated heterocycles. The first-order valence-corrected chi connectivity index (χ1v) is 4.86. The van der Waals surface area contributed by atoms with Crippen molar-refractivity contribution in [1.82, 2.24) is 10.2 Å². The van der Waals surface area contributed by atoms with E-state index in [1.54, 1.807) is 0 Å². The van der Waals surface area contributed by atoms with E-state index >= 15 is 0 Å². The number of aromatic amines is 1. The number of aromatic nitrogens is 2. The lowest BCUT2D eigenvalue weighted by atomic mass is 10.0. The van der Waals surface area contributed by atoms with Crippen LogP contribution in [0.5, 0.6) is 0 Å². The third kappa shape index (κ3) is 3.19. The molecule has 0 saturated carbocycles. The summed E-state index contributed by atoms with van der Waals surface area (Å²) in [5.41, 5.74) is 8.25. The Morgan fingerprint density at radius 1 is 1.38 bits per heavy atom. The number of nitrogens with two attached hydrogens (primary N) is 1. The fourth-order valence-electron chi connectivity index (χ4n) is 1.45. The molecule has 1 rings (SSSR count). The Morgan fingerprint density at radius 2 is 2.08 bits per heavy atom. The normalized spacial score (nSPS) is 13.6. The zero-order valence-corrected chi connectivity index (χ0v) is 8.67. The van der Waals surface area contributed by atoms with Gasteiger partial charge in [0.05, 0.1) is 6.20 Å². The van der Waals surface area contributed by atoms with E-state index in [0.29, 0.717) is 5.92 Å². The van der Waals surface area contributed by atoms with E-state index in [0.717, 1.165) is 12.8 Å². The molecular weight excluding hydrogens is 162 g/mol. The molecule has 1 atom stereocenters. The van der Waals surface area contributed by atoms with Crippen LogP contribution >= 0.6 is 0 Å². The van der Waals surface area contributed by atoms with E-state index in [4.69, 9.17) is 5.73 Å². The lowest BCUT2D eigenvalue weighted by Crippen LogP contribution is -2.18. The summed E-state index contributed by atoms with van der Waals surface area (Å²) in [6.07, 6.45) is 3.86. The monoisotopic (exact) mass is 181 g/mol. The molecule has 3 heteroatoms. The highest BCUT2D eigenvalue weighted by molar-refractivity contribution is 5.17. The number of hydrogen-bond acceptors (Lipinski definition) is 2. The molecular formula is C10H19N3. The minimum Gasteiger partial charge on any atom is -0.328 e. The smallest absolute Gasteiger partial charge is 0.0522 e. The number of H-pyrrole nitrogens is 1. The minimum absolute atomic E-state index is 0.212. The molecule has 0 fully saturated rings. The molecule has 0 amide bonds. The highest BCUT2D eigenvalue weighted by Crippen LogP contribution is 2.11. The number of nitrogens with one attached hydrogen (secondary N) is 1. The SMILES string of the molecule is CC(C)Cc1[nH]ncc1CC(C)N. The molecule has 0 aromatic carbocycles. The molecule has 1 aromatic heterocycles. The Kier molecular flexibility index (Phi) is 3.48. The van der Waals surface area contributed by atoms with Crippen molar-refractivity contribution in [3.63, 3.8) is 0 Å². The second-order valence-corrected chi connectivity index (χ2v) is 4.15. The van der Waals surface area contributed by atoms with Crippen molar-refractivity contribution in [2.45, 2.75) is 39.7 Å². The maximum atomic E-state index is 5.74. The van der Waals surface area contributed by atoms with Crippen molar-refractivity contribution in [1.29, 1.82) is 0 Å². The fourth-order valence-corrected chi connectivity index (χ4v) is 1.45. The minimum atomic E-state index is 0.212. The lowest BCUT2D eigenvalue weighted by Gasteiger charge is -2.07. The van der Waals surface area contributed by atoms with Gasteiger partial charge in [0.1, 0.15) is 0 Å². The van der Waals surface area contributed by atoms with Crippen LogP contribution in [0.1, 0.15) is 32.0 Å². The molecule has 3 nitrogen and oxygen atoms in total. The molecule has 0 aliphatic heterocycles. The summed E-state index contributed by atoms with van der Waals surface area (Å²) in [6.45, 7) is 6.43. The van der Waals surface area contributed by atoms with Crippen molar-refractivity contribution in [3.8, 4) is 0 Å². The fraction of sp³-hybridized carbons (Fsp3) is 0.700. The zero-order valence-electron chi connectivity index (χ0n) is 8.67. The van der Waals surface area contributed by atoms with E-state index in [1.807, 2.05) is 13.1 Å². The summed E-state index contributed by atoms with van der Waals surface area (Å²) in [7, 11) is 0. The van der Waals surface area contributed by atoms with Crippen molar-refractivity contribution in [3.05, 3.63) is 17.5 Å². The van der Waals surface area contributed by atoms with Gasteiger partial charge in [-0.15, -0.1) is 0 Å². The van der Waals surface area contributed by atoms with Crippen LogP contribution in [-0.4, -0.2) is 16.2 Å². The predicted octanol–water partition coefficient (Wildman–Crippen LogP) is 1.50. The van der Waals surface area contributed by atoms with Crippen molar-refractivity contribution < 1.29 is 0 Å². The first-order valence-electron chi connectivity index (χ1n) is 4.86. The summed E-state index contributed by atoms with van der Waals surface area (Å²) in [5.74, 6) is 0.660. The molecule has 0 bridgehead atoms. The maximum Gasteiger partial charge on any atom is 0.0522 e. The third-order valence-corrected chi connectivity index (χ3v) is 1.96. The van der Waals surface area contributed by atoms with Crippen LogP contribution in [0.2, 0.25) is 0 Å². The third-order valence-electron chi connectivity index (χ3n) is 1.96. The highest BCUT2D eigenvalue weighted by Gasteiger charge is 2.08. The maximum absolute atomic E-state index is 5.74. The second-order valence-electron chi connectivity index (χ2n) is 4.15. The van der Waals surface area contributed by atoms with Crippen LogP contribution in [0.3, 0.4) is 0 Å². The Bertz CT molecular complexity index is 226. The van der Waals surface area contributed by atoms with Crippen molar-refractivity contribution >= 4 is 0 Å². The number of rotatable bonds is 4. The molecule has 1 aromatic rings. The van der Waals surface area contributed by atoms with Crippen LogP contribution in [0.25, 0.3) is 0 Å². The van der Waals surface area contributed by atoms with Gasteiger partial charge in [-0.1, -0.05) is 13.8 Å². The van der Waals surface area contributed by atoms with E-state index in [1.165, 1.54) is 11.3 Å². The van der Waals surface area contributed by atoms with Crippen LogP contribution < -0.4 is 5.73 Å². The number of hydrogen-bond donors (Lipinski definition) is 2. The van der Waals surface area contributed by atoms with Gasteiger partial charge >= 0.3 is 0 Å². The zero-order chi connectivity index (χ0) is 9.84. The van der Waals surface area contributed by atoms with Gasteiger partial charge in [0, 0.05) is 11.7 Å². The van der Waals surface area contributed by atoms with Gasteiger partial charge in [-0.3, -0.25) is 5.10 Å². The van der Waals surface area contributed by atoms with Gasteiger partial charge < -0.3 is 5.73 Å². The first kappa shape index (κ1) is 10.3. The van der Waals surface area contributed by atoms with E-state index in [2.05, 4.69) is 24.0 Å². The topological polar surface area (TPSA) is 54.7 Å². The van der Waals surface area contributed by atoms with Gasteiger partial charge in [-0.25, -0.2) is 0 Å². The molecule has 0 radical (unpaired) electrons. The molecule has 3 N–H and O–H groups in total. The van der Waals surface area contributed by atoms with E-state index in [-0.39, 0.29) is 6.04 Å². The molecule has 13 heavy (non-hydrogen) atoms.